The Morgan fingerprint density at radius 2 is 2.16 bits per heavy atom. The average molecular weight is 379 g/mol. The van der Waals surface area contributed by atoms with Gasteiger partial charge >= 0.3 is 0 Å². The molecule has 0 aromatic carbocycles. The Balaban J connectivity index is 0.00000133. The van der Waals surface area contributed by atoms with E-state index in [-0.39, 0.29) is 24.0 Å². The summed E-state index contributed by atoms with van der Waals surface area (Å²) in [5, 5.41) is 7.00. The van der Waals surface area contributed by atoms with Crippen LogP contribution in [0, 0.1) is 5.41 Å². The van der Waals surface area contributed by atoms with Crippen LogP contribution in [0.25, 0.3) is 0 Å². The lowest BCUT2D eigenvalue weighted by Crippen LogP contribution is -2.65. The Bertz CT molecular complexity index is 329. The van der Waals surface area contributed by atoms with Gasteiger partial charge in [-0.15, -0.1) is 24.0 Å². The largest absolute Gasteiger partial charge is 0.378 e. The molecule has 110 valence electrons. The smallest absolute Gasteiger partial charge is 0.191 e. The topological polar surface area (TPSA) is 45.6 Å². The van der Waals surface area contributed by atoms with Crippen LogP contribution in [-0.2, 0) is 4.74 Å². The molecule has 0 amide bonds. The summed E-state index contributed by atoms with van der Waals surface area (Å²) in [6.45, 7) is 4.97. The second kappa shape index (κ2) is 6.61. The number of halogens is 1. The Kier molecular flexibility index (Phi) is 5.34. The minimum Gasteiger partial charge on any atom is -0.378 e. The summed E-state index contributed by atoms with van der Waals surface area (Å²) in [4.78, 5) is 4.53. The van der Waals surface area contributed by atoms with Crippen LogP contribution in [0.5, 0.6) is 0 Å². The standard InChI is InChI=1S/C14H25N3O.HI/c1-2-18-12-10-11(14(12)6-3-4-7-14)17-13-15-8-5-9-16-13;/h11-12H,2-10H2,1H3,(H2,15,16,17);1H. The maximum absolute atomic E-state index is 5.93. The SMILES string of the molecule is CCOC1CC(NC2=NCCCN2)C12CCCC2.I. The molecule has 19 heavy (non-hydrogen) atoms. The predicted octanol–water partition coefficient (Wildman–Crippen LogP) is 2.28. The molecule has 1 spiro atoms. The van der Waals surface area contributed by atoms with Gasteiger partial charge in [-0.05, 0) is 32.6 Å². The molecule has 5 heteroatoms. The summed E-state index contributed by atoms with van der Waals surface area (Å²) in [7, 11) is 0. The van der Waals surface area contributed by atoms with Crippen molar-refractivity contribution in [1.29, 1.82) is 0 Å². The predicted molar refractivity (Wildman–Crippen MR) is 88.2 cm³/mol. The highest BCUT2D eigenvalue weighted by Gasteiger charge is 2.56. The van der Waals surface area contributed by atoms with Gasteiger partial charge in [-0.1, -0.05) is 12.8 Å². The van der Waals surface area contributed by atoms with Crippen LogP contribution < -0.4 is 10.6 Å². The van der Waals surface area contributed by atoms with E-state index in [0.717, 1.165) is 38.5 Å². The molecule has 2 atom stereocenters. The van der Waals surface area contributed by atoms with Gasteiger partial charge in [0, 0.05) is 31.2 Å². The van der Waals surface area contributed by atoms with Gasteiger partial charge in [0.05, 0.1) is 6.10 Å². The van der Waals surface area contributed by atoms with Crippen LogP contribution in [0.3, 0.4) is 0 Å². The highest BCUT2D eigenvalue weighted by Crippen LogP contribution is 2.54. The molecule has 0 radical (unpaired) electrons. The van der Waals surface area contributed by atoms with E-state index in [2.05, 4.69) is 22.5 Å². The van der Waals surface area contributed by atoms with Gasteiger partial charge in [0.15, 0.2) is 5.96 Å². The molecule has 2 aliphatic carbocycles. The molecule has 2 saturated carbocycles. The summed E-state index contributed by atoms with van der Waals surface area (Å²) < 4.78 is 5.93. The molecule has 0 saturated heterocycles. The van der Waals surface area contributed by atoms with Crippen LogP contribution in [0.4, 0.5) is 0 Å². The van der Waals surface area contributed by atoms with Gasteiger partial charge in [0.1, 0.15) is 0 Å². The van der Waals surface area contributed by atoms with E-state index < -0.39 is 0 Å². The van der Waals surface area contributed by atoms with Crippen molar-refractivity contribution >= 4 is 29.9 Å². The summed E-state index contributed by atoms with van der Waals surface area (Å²) >= 11 is 0. The van der Waals surface area contributed by atoms with E-state index >= 15 is 0 Å². The third-order valence-electron chi connectivity index (χ3n) is 4.90. The highest BCUT2D eigenvalue weighted by molar-refractivity contribution is 14.0. The average Bonchev–Trinajstić information content (AvgIpc) is 2.91. The van der Waals surface area contributed by atoms with Crippen LogP contribution in [0.15, 0.2) is 4.99 Å². The second-order valence-corrected chi connectivity index (χ2v) is 5.83. The van der Waals surface area contributed by atoms with Crippen molar-refractivity contribution < 1.29 is 4.74 Å². The van der Waals surface area contributed by atoms with E-state index in [9.17, 15) is 0 Å². The maximum atomic E-state index is 5.93. The van der Waals surface area contributed by atoms with Gasteiger partial charge < -0.3 is 15.4 Å². The minimum atomic E-state index is 0. The Hall–Kier alpha value is -0.0400. The first-order valence-corrected chi connectivity index (χ1v) is 7.51. The third-order valence-corrected chi connectivity index (χ3v) is 4.90. The van der Waals surface area contributed by atoms with E-state index in [1.807, 2.05) is 0 Å². The Morgan fingerprint density at radius 3 is 2.79 bits per heavy atom. The summed E-state index contributed by atoms with van der Waals surface area (Å²) in [5.41, 5.74) is 0.400. The van der Waals surface area contributed by atoms with Crippen molar-refractivity contribution in [2.45, 2.75) is 57.6 Å². The quantitative estimate of drug-likeness (QED) is 0.740. The molecular formula is C14H26IN3O. The molecule has 1 aliphatic heterocycles. The summed E-state index contributed by atoms with van der Waals surface area (Å²) in [6.07, 6.45) is 8.15. The number of rotatable bonds is 3. The fraction of sp³-hybridized carbons (Fsp3) is 0.929. The molecule has 0 bridgehead atoms. The molecular weight excluding hydrogens is 353 g/mol. The second-order valence-electron chi connectivity index (χ2n) is 5.83. The van der Waals surface area contributed by atoms with Crippen molar-refractivity contribution in [3.8, 4) is 0 Å². The Labute approximate surface area is 133 Å². The maximum Gasteiger partial charge on any atom is 0.191 e. The lowest BCUT2D eigenvalue weighted by molar-refractivity contribution is -0.125. The monoisotopic (exact) mass is 379 g/mol. The normalized spacial score (nSPS) is 31.9. The summed E-state index contributed by atoms with van der Waals surface area (Å²) in [6, 6.07) is 0.570. The number of nitrogens with one attached hydrogen (secondary N) is 2. The van der Waals surface area contributed by atoms with Gasteiger partial charge in [0.2, 0.25) is 0 Å². The fourth-order valence-corrected chi connectivity index (χ4v) is 3.88. The third kappa shape index (κ3) is 2.86. The molecule has 2 unspecified atom stereocenters. The van der Waals surface area contributed by atoms with E-state index in [4.69, 9.17) is 4.74 Å². The molecule has 4 nitrogen and oxygen atoms in total. The zero-order chi connectivity index (χ0) is 12.4. The van der Waals surface area contributed by atoms with Crippen molar-refractivity contribution in [3.05, 3.63) is 0 Å². The fourth-order valence-electron chi connectivity index (χ4n) is 3.88. The van der Waals surface area contributed by atoms with Gasteiger partial charge in [-0.25, -0.2) is 0 Å². The zero-order valence-corrected chi connectivity index (χ0v) is 14.1. The Morgan fingerprint density at radius 1 is 1.37 bits per heavy atom. The minimum absolute atomic E-state index is 0. The molecule has 2 fully saturated rings. The number of guanidine groups is 1. The van der Waals surface area contributed by atoms with Crippen LogP contribution in [0.2, 0.25) is 0 Å². The zero-order valence-electron chi connectivity index (χ0n) is 11.8. The lowest BCUT2D eigenvalue weighted by Gasteiger charge is -2.54. The van der Waals surface area contributed by atoms with Crippen molar-refractivity contribution in [2.75, 3.05) is 19.7 Å². The van der Waals surface area contributed by atoms with Gasteiger partial charge in [-0.2, -0.15) is 0 Å². The van der Waals surface area contributed by atoms with Crippen LogP contribution in [-0.4, -0.2) is 37.8 Å². The van der Waals surface area contributed by atoms with Crippen LogP contribution in [0.1, 0.15) is 45.4 Å². The molecule has 3 rings (SSSR count). The van der Waals surface area contributed by atoms with Crippen molar-refractivity contribution in [3.63, 3.8) is 0 Å². The molecule has 3 aliphatic rings. The molecule has 0 aromatic rings. The number of nitrogens with zero attached hydrogens (tertiary/aromatic N) is 1. The molecule has 1 heterocycles. The molecule has 2 N–H and O–H groups in total. The number of aliphatic imine (C=N–C) groups is 1. The van der Waals surface area contributed by atoms with Gasteiger partial charge in [-0.3, -0.25) is 4.99 Å². The van der Waals surface area contributed by atoms with E-state index in [0.29, 0.717) is 17.6 Å². The first-order valence-electron chi connectivity index (χ1n) is 7.51. The molecule has 0 aromatic heterocycles. The van der Waals surface area contributed by atoms with Crippen molar-refractivity contribution in [1.82, 2.24) is 10.6 Å². The number of hydrogen-bond donors (Lipinski definition) is 2. The summed E-state index contributed by atoms with van der Waals surface area (Å²) in [5.74, 6) is 1.02. The lowest BCUT2D eigenvalue weighted by atomic mass is 9.60. The number of hydrogen-bond acceptors (Lipinski definition) is 4. The van der Waals surface area contributed by atoms with Crippen molar-refractivity contribution in [2.24, 2.45) is 10.4 Å². The van der Waals surface area contributed by atoms with Gasteiger partial charge in [0.25, 0.3) is 0 Å². The van der Waals surface area contributed by atoms with E-state index in [1.165, 1.54) is 25.7 Å². The number of ether oxygens (including phenoxy) is 1. The van der Waals surface area contributed by atoms with E-state index in [1.54, 1.807) is 0 Å². The first-order chi connectivity index (χ1) is 8.85. The van der Waals surface area contributed by atoms with Crippen LogP contribution >= 0.6 is 24.0 Å². The first kappa shape index (κ1) is 15.4. The highest BCUT2D eigenvalue weighted by atomic mass is 127.